The maximum Gasteiger partial charge on any atom is 0.322 e. The maximum absolute atomic E-state index is 14.5. The summed E-state index contributed by atoms with van der Waals surface area (Å²) in [6, 6.07) is 22.4. The van der Waals surface area contributed by atoms with Gasteiger partial charge in [-0.05, 0) is 46.6 Å². The Hall–Kier alpha value is -3.33. The second-order valence-electron chi connectivity index (χ2n) is 12.0. The van der Waals surface area contributed by atoms with Crippen molar-refractivity contribution in [1.82, 2.24) is 0 Å². The fourth-order valence-corrected chi connectivity index (χ4v) is 5.16. The first-order valence-electron chi connectivity index (χ1n) is 12.7. The maximum atomic E-state index is 14.5. The molecular formula is C33H38O3. The molecule has 188 valence electrons. The molecule has 4 rings (SSSR count). The number of rotatable bonds is 4. The number of hydrogen-bond acceptors (Lipinski definition) is 3. The third kappa shape index (κ3) is 4.59. The van der Waals surface area contributed by atoms with Crippen LogP contribution < -0.4 is 9.47 Å². The van der Waals surface area contributed by atoms with Crippen molar-refractivity contribution < 1.29 is 14.3 Å². The number of esters is 1. The summed E-state index contributed by atoms with van der Waals surface area (Å²) < 4.78 is 12.2. The van der Waals surface area contributed by atoms with E-state index in [0.29, 0.717) is 5.75 Å². The van der Waals surface area contributed by atoms with Gasteiger partial charge in [0.1, 0.15) is 16.9 Å². The Bertz CT molecular complexity index is 1250. The lowest BCUT2D eigenvalue weighted by atomic mass is 9.65. The number of ether oxygens (including phenoxy) is 2. The average molecular weight is 483 g/mol. The molecule has 1 aliphatic carbocycles. The van der Waals surface area contributed by atoms with Gasteiger partial charge in [0.2, 0.25) is 0 Å². The van der Waals surface area contributed by atoms with Crippen molar-refractivity contribution in [2.24, 2.45) is 0 Å². The monoisotopic (exact) mass is 482 g/mol. The molecule has 0 radical (unpaired) electrons. The molecule has 0 unspecified atom stereocenters. The third-order valence-electron chi connectivity index (χ3n) is 7.30. The van der Waals surface area contributed by atoms with Gasteiger partial charge in [0.15, 0.2) is 0 Å². The zero-order valence-corrected chi connectivity index (χ0v) is 22.8. The molecule has 36 heavy (non-hydrogen) atoms. The lowest BCUT2D eigenvalue weighted by molar-refractivity contribution is -0.141. The molecule has 0 spiro atoms. The predicted octanol–water partition coefficient (Wildman–Crippen LogP) is 7.96. The smallest absolute Gasteiger partial charge is 0.322 e. The Labute approximate surface area is 216 Å². The molecule has 1 aliphatic rings. The van der Waals surface area contributed by atoms with Crippen molar-refractivity contribution in [3.8, 4) is 11.5 Å². The average Bonchev–Trinajstić information content (AvgIpc) is 2.83. The van der Waals surface area contributed by atoms with E-state index in [2.05, 4.69) is 78.0 Å². The van der Waals surface area contributed by atoms with Crippen molar-refractivity contribution in [2.45, 2.75) is 70.6 Å². The summed E-state index contributed by atoms with van der Waals surface area (Å²) >= 11 is 0. The first-order chi connectivity index (χ1) is 16.9. The van der Waals surface area contributed by atoms with Gasteiger partial charge in [0.05, 0.1) is 7.11 Å². The van der Waals surface area contributed by atoms with E-state index in [9.17, 15) is 4.79 Å². The van der Waals surface area contributed by atoms with Crippen molar-refractivity contribution in [2.75, 3.05) is 7.11 Å². The van der Waals surface area contributed by atoms with Gasteiger partial charge in [-0.1, -0.05) is 108 Å². The Morgan fingerprint density at radius 1 is 0.833 bits per heavy atom. The standard InChI is InChI=1S/C33H38O3/c1-31(2,3)27-20-24(35-8)21-28(32(4,5)6)29(27)36-30(34)33(7)25-17-13-12-16-23(25)18-19-26(33)22-14-10-9-11-15-22/h9-21,26H,1-8H3/t26-,33-/m0/s1. The van der Waals surface area contributed by atoms with E-state index in [4.69, 9.17) is 9.47 Å². The summed E-state index contributed by atoms with van der Waals surface area (Å²) in [6.45, 7) is 14.8. The highest BCUT2D eigenvalue weighted by Crippen LogP contribution is 2.48. The van der Waals surface area contributed by atoms with Gasteiger partial charge in [-0.3, -0.25) is 4.79 Å². The topological polar surface area (TPSA) is 35.5 Å². The Balaban J connectivity index is 1.91. The highest BCUT2D eigenvalue weighted by atomic mass is 16.5. The molecule has 0 fully saturated rings. The van der Waals surface area contributed by atoms with E-state index in [1.807, 2.05) is 49.4 Å². The molecular weight excluding hydrogens is 444 g/mol. The first kappa shape index (κ1) is 25.8. The molecule has 0 amide bonds. The fraction of sp³-hybridized carbons (Fsp3) is 0.364. The minimum Gasteiger partial charge on any atom is -0.497 e. The van der Waals surface area contributed by atoms with Gasteiger partial charge in [0, 0.05) is 17.0 Å². The van der Waals surface area contributed by atoms with Crippen LogP contribution in [0.1, 0.15) is 82.2 Å². The number of carbonyl (C=O) groups is 1. The van der Waals surface area contributed by atoms with Crippen molar-refractivity contribution in [3.63, 3.8) is 0 Å². The van der Waals surface area contributed by atoms with Crippen LogP contribution in [-0.2, 0) is 21.0 Å². The summed E-state index contributed by atoms with van der Waals surface area (Å²) in [7, 11) is 1.68. The molecule has 2 atom stereocenters. The fourth-order valence-electron chi connectivity index (χ4n) is 5.16. The molecule has 0 saturated heterocycles. The Morgan fingerprint density at radius 3 is 1.94 bits per heavy atom. The molecule has 3 aromatic rings. The second kappa shape index (κ2) is 9.28. The Kier molecular flexibility index (Phi) is 6.64. The largest absolute Gasteiger partial charge is 0.497 e. The zero-order valence-electron chi connectivity index (χ0n) is 22.8. The van der Waals surface area contributed by atoms with E-state index >= 15 is 0 Å². The normalized spacial score (nSPS) is 19.5. The van der Waals surface area contributed by atoms with Gasteiger partial charge >= 0.3 is 5.97 Å². The summed E-state index contributed by atoms with van der Waals surface area (Å²) in [5, 5.41) is 0. The van der Waals surface area contributed by atoms with Crippen LogP contribution in [0.4, 0.5) is 0 Å². The molecule has 0 aromatic heterocycles. The van der Waals surface area contributed by atoms with Crippen LogP contribution >= 0.6 is 0 Å². The SMILES string of the molecule is COc1cc(C(C)(C)C)c(OC(=O)[C@@]2(C)c3ccccc3C=C[C@H]2c2ccccc2)c(C(C)(C)C)c1. The molecule has 0 heterocycles. The van der Waals surface area contributed by atoms with Crippen molar-refractivity contribution in [3.05, 3.63) is 101 Å². The molecule has 0 N–H and O–H groups in total. The number of allylic oxidation sites excluding steroid dienone is 1. The summed E-state index contributed by atoms with van der Waals surface area (Å²) in [6.07, 6.45) is 4.26. The van der Waals surface area contributed by atoms with E-state index < -0.39 is 5.41 Å². The summed E-state index contributed by atoms with van der Waals surface area (Å²) in [5.41, 5.74) is 3.61. The zero-order chi connectivity index (χ0) is 26.3. The number of hydrogen-bond donors (Lipinski definition) is 0. The van der Waals surface area contributed by atoms with Gasteiger partial charge in [-0.2, -0.15) is 0 Å². The van der Waals surface area contributed by atoms with Crippen LogP contribution in [0.15, 0.2) is 72.8 Å². The molecule has 3 nitrogen and oxygen atoms in total. The van der Waals surface area contributed by atoms with Crippen LogP contribution in [0.25, 0.3) is 6.08 Å². The lowest BCUT2D eigenvalue weighted by Gasteiger charge is -2.39. The van der Waals surface area contributed by atoms with E-state index in [1.54, 1.807) is 7.11 Å². The van der Waals surface area contributed by atoms with Crippen molar-refractivity contribution >= 4 is 12.0 Å². The first-order valence-corrected chi connectivity index (χ1v) is 12.7. The summed E-state index contributed by atoms with van der Waals surface area (Å²) in [5.74, 6) is 0.995. The van der Waals surface area contributed by atoms with Crippen LogP contribution in [-0.4, -0.2) is 13.1 Å². The molecule has 0 aliphatic heterocycles. The number of methoxy groups -OCH3 is 1. The van der Waals surface area contributed by atoms with Crippen molar-refractivity contribution in [1.29, 1.82) is 0 Å². The third-order valence-corrected chi connectivity index (χ3v) is 7.30. The van der Waals surface area contributed by atoms with Crippen LogP contribution in [0.3, 0.4) is 0 Å². The predicted molar refractivity (Wildman–Crippen MR) is 148 cm³/mol. The van der Waals surface area contributed by atoms with Gasteiger partial charge in [0.25, 0.3) is 0 Å². The minimum absolute atomic E-state index is 0.157. The molecule has 3 aromatic carbocycles. The molecule has 0 bridgehead atoms. The van der Waals surface area contributed by atoms with Crippen LogP contribution in [0.5, 0.6) is 11.5 Å². The summed E-state index contributed by atoms with van der Waals surface area (Å²) in [4.78, 5) is 14.5. The highest BCUT2D eigenvalue weighted by molar-refractivity contribution is 5.90. The van der Waals surface area contributed by atoms with E-state index in [1.165, 1.54) is 0 Å². The number of carbonyl (C=O) groups excluding carboxylic acids is 1. The minimum atomic E-state index is -0.906. The van der Waals surface area contributed by atoms with E-state index in [-0.39, 0.29) is 22.7 Å². The molecule has 3 heteroatoms. The quantitative estimate of drug-likeness (QED) is 0.279. The molecule has 0 saturated carbocycles. The highest BCUT2D eigenvalue weighted by Gasteiger charge is 2.47. The second-order valence-corrected chi connectivity index (χ2v) is 12.0. The Morgan fingerprint density at radius 2 is 1.39 bits per heavy atom. The van der Waals surface area contributed by atoms with E-state index in [0.717, 1.165) is 33.6 Å². The lowest BCUT2D eigenvalue weighted by Crippen LogP contribution is -2.43. The number of benzene rings is 3. The van der Waals surface area contributed by atoms with Crippen LogP contribution in [0.2, 0.25) is 0 Å². The van der Waals surface area contributed by atoms with Crippen LogP contribution in [0, 0.1) is 0 Å². The number of fused-ring (bicyclic) bond motifs is 1. The van der Waals surface area contributed by atoms with Gasteiger partial charge in [-0.15, -0.1) is 0 Å². The van der Waals surface area contributed by atoms with Gasteiger partial charge in [-0.25, -0.2) is 0 Å². The van der Waals surface area contributed by atoms with Gasteiger partial charge < -0.3 is 9.47 Å².